The Labute approximate surface area is 204 Å². The second-order valence-electron chi connectivity index (χ2n) is 9.89. The molecule has 3 amide bonds. The Bertz CT molecular complexity index is 1180. The van der Waals surface area contributed by atoms with Crippen LogP contribution >= 0.6 is 0 Å². The molecule has 0 spiro atoms. The lowest BCUT2D eigenvalue weighted by Crippen LogP contribution is -2.63. The topological polar surface area (TPSA) is 127 Å². The van der Waals surface area contributed by atoms with E-state index in [2.05, 4.69) is 21.7 Å². The zero-order valence-electron chi connectivity index (χ0n) is 19.9. The van der Waals surface area contributed by atoms with E-state index in [0.717, 1.165) is 43.0 Å². The molecule has 2 aromatic rings. The van der Waals surface area contributed by atoms with Gasteiger partial charge in [0.05, 0.1) is 13.2 Å². The van der Waals surface area contributed by atoms with Gasteiger partial charge < -0.3 is 25.3 Å². The van der Waals surface area contributed by atoms with Crippen molar-refractivity contribution in [1.82, 2.24) is 20.5 Å². The number of aromatic nitrogens is 1. The first kappa shape index (κ1) is 23.2. The van der Waals surface area contributed by atoms with Crippen molar-refractivity contribution in [1.29, 1.82) is 5.26 Å². The second-order valence-corrected chi connectivity index (χ2v) is 9.89. The number of amides is 3. The van der Waals surface area contributed by atoms with Crippen LogP contribution in [0.25, 0.3) is 10.9 Å². The van der Waals surface area contributed by atoms with Crippen LogP contribution in [-0.4, -0.2) is 59.4 Å². The number of nitriles is 1. The van der Waals surface area contributed by atoms with E-state index in [-0.39, 0.29) is 42.0 Å². The van der Waals surface area contributed by atoms with Gasteiger partial charge in [-0.25, -0.2) is 0 Å². The molecule has 3 saturated heterocycles. The molecule has 1 aliphatic carbocycles. The SMILES string of the molecule is COc1cccc2[nH]c(C(=O)N3C4CCC(CC4)[C@@H]3C(=O)N[C@H](C#N)C[C@H]3CCCNC3=O)cc12. The predicted octanol–water partition coefficient (Wildman–Crippen LogP) is 2.48. The lowest BCUT2D eigenvalue weighted by molar-refractivity contribution is -0.134. The van der Waals surface area contributed by atoms with Gasteiger partial charge in [0.15, 0.2) is 0 Å². The van der Waals surface area contributed by atoms with E-state index in [1.807, 2.05) is 18.2 Å². The standard InChI is InChI=1S/C26H31N5O4/c1-35-22-6-2-5-20-19(22)13-21(30-20)26(34)31-18-9-7-15(8-10-18)23(31)25(33)29-17(14-27)12-16-4-3-11-28-24(16)32/h2,5-6,13,15-18,23,30H,3-4,7-12H2,1H3,(H,28,32)(H,29,33)/t15?,16-,17+,18?,23-/m1/s1. The highest BCUT2D eigenvalue weighted by Crippen LogP contribution is 2.41. The van der Waals surface area contributed by atoms with Gasteiger partial charge in [-0.15, -0.1) is 0 Å². The molecule has 4 aliphatic rings. The highest BCUT2D eigenvalue weighted by atomic mass is 16.5. The fourth-order valence-corrected chi connectivity index (χ4v) is 6.09. The molecule has 4 heterocycles. The van der Waals surface area contributed by atoms with Gasteiger partial charge in [0.2, 0.25) is 11.8 Å². The minimum absolute atomic E-state index is 0.0128. The number of fused-ring (bicyclic) bond motifs is 4. The number of H-pyrrole nitrogens is 1. The highest BCUT2D eigenvalue weighted by molar-refractivity contribution is 6.02. The summed E-state index contributed by atoms with van der Waals surface area (Å²) in [6, 6.07) is 8.12. The van der Waals surface area contributed by atoms with Gasteiger partial charge in [0, 0.05) is 29.4 Å². The molecule has 0 radical (unpaired) electrons. The third kappa shape index (κ3) is 4.33. The van der Waals surface area contributed by atoms with Crippen molar-refractivity contribution in [2.45, 2.75) is 63.1 Å². The summed E-state index contributed by atoms with van der Waals surface area (Å²) in [7, 11) is 1.59. The molecule has 3 N–H and O–H groups in total. The average molecular weight is 478 g/mol. The van der Waals surface area contributed by atoms with E-state index in [9.17, 15) is 19.6 Å². The molecule has 1 aromatic carbocycles. The Kier molecular flexibility index (Phi) is 6.37. The van der Waals surface area contributed by atoms with E-state index in [4.69, 9.17) is 4.74 Å². The van der Waals surface area contributed by atoms with Crippen molar-refractivity contribution in [2.75, 3.05) is 13.7 Å². The molecule has 3 aliphatic heterocycles. The monoisotopic (exact) mass is 477 g/mol. The van der Waals surface area contributed by atoms with Crippen LogP contribution in [0, 0.1) is 23.2 Å². The van der Waals surface area contributed by atoms with Crippen molar-refractivity contribution in [2.24, 2.45) is 11.8 Å². The normalized spacial score (nSPS) is 26.6. The molecule has 1 aromatic heterocycles. The number of piperidine rings is 3. The molecule has 6 rings (SSSR count). The van der Waals surface area contributed by atoms with Crippen LogP contribution in [0.3, 0.4) is 0 Å². The molecular weight excluding hydrogens is 446 g/mol. The maximum absolute atomic E-state index is 13.7. The summed E-state index contributed by atoms with van der Waals surface area (Å²) in [5.41, 5.74) is 1.22. The molecule has 4 fully saturated rings. The number of ether oxygens (including phenoxy) is 1. The third-order valence-electron chi connectivity index (χ3n) is 7.85. The van der Waals surface area contributed by atoms with Gasteiger partial charge in [0.1, 0.15) is 23.5 Å². The Morgan fingerprint density at radius 1 is 1.26 bits per heavy atom. The minimum Gasteiger partial charge on any atom is -0.496 e. The molecule has 184 valence electrons. The van der Waals surface area contributed by atoms with E-state index in [0.29, 0.717) is 24.4 Å². The van der Waals surface area contributed by atoms with E-state index in [1.54, 1.807) is 18.1 Å². The van der Waals surface area contributed by atoms with Crippen LogP contribution in [0.1, 0.15) is 55.4 Å². The minimum atomic E-state index is -0.772. The number of nitrogens with zero attached hydrogens (tertiary/aromatic N) is 2. The summed E-state index contributed by atoms with van der Waals surface area (Å²) in [4.78, 5) is 44.3. The fraction of sp³-hybridized carbons (Fsp3) is 0.538. The largest absolute Gasteiger partial charge is 0.496 e. The fourth-order valence-electron chi connectivity index (χ4n) is 6.09. The summed E-state index contributed by atoms with van der Waals surface area (Å²) >= 11 is 0. The first-order chi connectivity index (χ1) is 17.0. The van der Waals surface area contributed by atoms with E-state index >= 15 is 0 Å². The third-order valence-corrected chi connectivity index (χ3v) is 7.85. The molecule has 2 bridgehead atoms. The number of rotatable bonds is 6. The Morgan fingerprint density at radius 3 is 2.77 bits per heavy atom. The van der Waals surface area contributed by atoms with Crippen molar-refractivity contribution >= 4 is 28.6 Å². The van der Waals surface area contributed by atoms with Crippen LogP contribution < -0.4 is 15.4 Å². The Hall–Kier alpha value is -3.54. The molecule has 9 nitrogen and oxygen atoms in total. The molecule has 9 heteroatoms. The van der Waals surface area contributed by atoms with Gasteiger partial charge in [-0.3, -0.25) is 14.4 Å². The molecule has 1 saturated carbocycles. The van der Waals surface area contributed by atoms with E-state index in [1.165, 1.54) is 0 Å². The van der Waals surface area contributed by atoms with Crippen LogP contribution in [-0.2, 0) is 9.59 Å². The molecule has 35 heavy (non-hydrogen) atoms. The van der Waals surface area contributed by atoms with Gasteiger partial charge in [-0.2, -0.15) is 5.26 Å². The van der Waals surface area contributed by atoms with Gasteiger partial charge in [-0.05, 0) is 69.1 Å². The molecule has 3 atom stereocenters. The number of nitrogens with one attached hydrogen (secondary N) is 3. The first-order valence-corrected chi connectivity index (χ1v) is 12.5. The van der Waals surface area contributed by atoms with Gasteiger partial charge >= 0.3 is 0 Å². The lowest BCUT2D eigenvalue weighted by atomic mass is 9.74. The smallest absolute Gasteiger partial charge is 0.271 e. The second kappa shape index (κ2) is 9.61. The first-order valence-electron chi connectivity index (χ1n) is 12.5. The zero-order valence-corrected chi connectivity index (χ0v) is 19.9. The van der Waals surface area contributed by atoms with Crippen molar-refractivity contribution in [3.63, 3.8) is 0 Å². The summed E-state index contributed by atoms with van der Waals surface area (Å²) in [5.74, 6) is -0.123. The average Bonchev–Trinajstić information content (AvgIpc) is 3.33. The summed E-state index contributed by atoms with van der Waals surface area (Å²) < 4.78 is 5.43. The van der Waals surface area contributed by atoms with Crippen molar-refractivity contribution < 1.29 is 19.1 Å². The van der Waals surface area contributed by atoms with E-state index < -0.39 is 12.1 Å². The quantitative estimate of drug-likeness (QED) is 0.589. The van der Waals surface area contributed by atoms with Gasteiger partial charge in [0.25, 0.3) is 5.91 Å². The number of aromatic amines is 1. The summed E-state index contributed by atoms with van der Waals surface area (Å²) in [6.45, 7) is 0.654. The Balaban J connectivity index is 1.37. The number of hydrogen-bond donors (Lipinski definition) is 3. The maximum Gasteiger partial charge on any atom is 0.271 e. The molecule has 0 unspecified atom stereocenters. The van der Waals surface area contributed by atoms with Crippen molar-refractivity contribution in [3.05, 3.63) is 30.0 Å². The van der Waals surface area contributed by atoms with Crippen LogP contribution in [0.5, 0.6) is 5.75 Å². The number of benzene rings is 1. The number of carbonyl (C=O) groups is 3. The van der Waals surface area contributed by atoms with Crippen LogP contribution in [0.15, 0.2) is 24.3 Å². The Morgan fingerprint density at radius 2 is 2.06 bits per heavy atom. The van der Waals surface area contributed by atoms with Crippen molar-refractivity contribution in [3.8, 4) is 11.8 Å². The number of hydrogen-bond acceptors (Lipinski definition) is 5. The number of methoxy groups -OCH3 is 1. The van der Waals surface area contributed by atoms with Crippen LogP contribution in [0.2, 0.25) is 0 Å². The summed E-state index contributed by atoms with van der Waals surface area (Å²) in [5, 5.41) is 16.2. The predicted molar refractivity (Wildman–Crippen MR) is 128 cm³/mol. The summed E-state index contributed by atoms with van der Waals surface area (Å²) in [6.07, 6.45) is 5.37. The van der Waals surface area contributed by atoms with Crippen LogP contribution in [0.4, 0.5) is 0 Å². The van der Waals surface area contributed by atoms with Gasteiger partial charge in [-0.1, -0.05) is 6.07 Å². The highest BCUT2D eigenvalue weighted by Gasteiger charge is 2.48. The number of carbonyl (C=O) groups excluding carboxylic acids is 3. The molecular formula is C26H31N5O4. The zero-order chi connectivity index (χ0) is 24.5. The lowest BCUT2D eigenvalue weighted by Gasteiger charge is -2.50. The maximum atomic E-state index is 13.7.